The van der Waals surface area contributed by atoms with Crippen molar-refractivity contribution in [2.24, 2.45) is 4.99 Å². The number of esters is 1. The molecule has 3 aromatic rings. The Morgan fingerprint density at radius 3 is 2.48 bits per heavy atom. The van der Waals surface area contributed by atoms with Crippen LogP contribution in [0.15, 0.2) is 74.7 Å². The van der Waals surface area contributed by atoms with Crippen LogP contribution in [0.5, 0.6) is 0 Å². The van der Waals surface area contributed by atoms with Crippen LogP contribution in [0.3, 0.4) is 0 Å². The summed E-state index contributed by atoms with van der Waals surface area (Å²) < 4.78 is 10.7. The lowest BCUT2D eigenvalue weighted by molar-refractivity contribution is -0.129. The van der Waals surface area contributed by atoms with E-state index in [-0.39, 0.29) is 11.6 Å². The van der Waals surface area contributed by atoms with Gasteiger partial charge in [0.15, 0.2) is 5.70 Å². The van der Waals surface area contributed by atoms with E-state index in [0.29, 0.717) is 17.0 Å². The smallest absolute Gasteiger partial charge is 0.363 e. The SMILES string of the molecule is CSc1ccc(/C=C2\N=C(c3c(-c4ccccc4)noc3C)OC2=O)cc1. The maximum absolute atomic E-state index is 12.3. The van der Waals surface area contributed by atoms with E-state index in [2.05, 4.69) is 10.1 Å². The number of ether oxygens (including phenoxy) is 1. The number of hydrogen-bond donors (Lipinski definition) is 0. The Balaban J connectivity index is 1.71. The fraction of sp³-hybridized carbons (Fsp3) is 0.0952. The Bertz CT molecular complexity index is 1050. The molecule has 2 aromatic carbocycles. The van der Waals surface area contributed by atoms with Crippen LogP contribution in [0.4, 0.5) is 0 Å². The molecule has 134 valence electrons. The van der Waals surface area contributed by atoms with Gasteiger partial charge in [-0.25, -0.2) is 9.79 Å². The second kappa shape index (κ2) is 7.25. The third-order valence-electron chi connectivity index (χ3n) is 4.16. The maximum Gasteiger partial charge on any atom is 0.363 e. The molecule has 0 bridgehead atoms. The van der Waals surface area contributed by atoms with Crippen molar-refractivity contribution in [1.82, 2.24) is 5.16 Å². The van der Waals surface area contributed by atoms with E-state index in [1.54, 1.807) is 24.8 Å². The van der Waals surface area contributed by atoms with Gasteiger partial charge < -0.3 is 9.26 Å². The zero-order valence-corrected chi connectivity index (χ0v) is 15.6. The van der Waals surface area contributed by atoms with Gasteiger partial charge in [-0.15, -0.1) is 11.8 Å². The van der Waals surface area contributed by atoms with Gasteiger partial charge in [-0.05, 0) is 37.0 Å². The number of aromatic nitrogens is 1. The lowest BCUT2D eigenvalue weighted by atomic mass is 10.1. The van der Waals surface area contributed by atoms with Gasteiger partial charge in [-0.3, -0.25) is 0 Å². The number of nitrogens with zero attached hydrogens (tertiary/aromatic N) is 2. The first-order chi connectivity index (χ1) is 13.2. The highest BCUT2D eigenvalue weighted by atomic mass is 32.2. The van der Waals surface area contributed by atoms with Crippen molar-refractivity contribution in [2.75, 3.05) is 6.26 Å². The van der Waals surface area contributed by atoms with E-state index in [9.17, 15) is 4.79 Å². The standard InChI is InChI=1S/C21H16N2O3S/c1-13-18(19(23-26-13)15-6-4-3-5-7-15)20-22-17(21(24)25-20)12-14-8-10-16(27-2)11-9-14/h3-12H,1-2H3/b17-12-. The highest BCUT2D eigenvalue weighted by Crippen LogP contribution is 2.29. The molecule has 5 nitrogen and oxygen atoms in total. The van der Waals surface area contributed by atoms with E-state index in [4.69, 9.17) is 9.26 Å². The maximum atomic E-state index is 12.3. The summed E-state index contributed by atoms with van der Waals surface area (Å²) >= 11 is 1.66. The topological polar surface area (TPSA) is 64.7 Å². The fourth-order valence-electron chi connectivity index (χ4n) is 2.79. The number of cyclic esters (lactones) is 1. The number of carbonyl (C=O) groups excluding carboxylic acids is 1. The van der Waals surface area contributed by atoms with Gasteiger partial charge in [0, 0.05) is 10.5 Å². The van der Waals surface area contributed by atoms with Gasteiger partial charge in [0.25, 0.3) is 0 Å². The van der Waals surface area contributed by atoms with Crippen molar-refractivity contribution in [3.63, 3.8) is 0 Å². The normalized spacial score (nSPS) is 15.1. The number of carbonyl (C=O) groups is 1. The molecule has 0 aliphatic carbocycles. The molecule has 2 heterocycles. The van der Waals surface area contributed by atoms with Crippen LogP contribution in [0.1, 0.15) is 16.9 Å². The Kier molecular flexibility index (Phi) is 4.64. The first kappa shape index (κ1) is 17.3. The van der Waals surface area contributed by atoms with E-state index < -0.39 is 5.97 Å². The first-order valence-corrected chi connectivity index (χ1v) is 9.57. The predicted molar refractivity (Wildman–Crippen MR) is 106 cm³/mol. The van der Waals surface area contributed by atoms with Gasteiger partial charge in [0.1, 0.15) is 17.0 Å². The van der Waals surface area contributed by atoms with Crippen LogP contribution < -0.4 is 0 Å². The summed E-state index contributed by atoms with van der Waals surface area (Å²) in [6, 6.07) is 17.5. The highest BCUT2D eigenvalue weighted by molar-refractivity contribution is 7.98. The third kappa shape index (κ3) is 3.44. The minimum absolute atomic E-state index is 0.213. The van der Waals surface area contributed by atoms with Crippen molar-refractivity contribution in [2.45, 2.75) is 11.8 Å². The number of hydrogen-bond acceptors (Lipinski definition) is 6. The molecule has 0 spiro atoms. The van der Waals surface area contributed by atoms with E-state index in [1.165, 1.54) is 0 Å². The fourth-order valence-corrected chi connectivity index (χ4v) is 3.20. The summed E-state index contributed by atoms with van der Waals surface area (Å²) in [6.07, 6.45) is 3.73. The summed E-state index contributed by atoms with van der Waals surface area (Å²) in [5, 5.41) is 4.11. The van der Waals surface area contributed by atoms with Crippen molar-refractivity contribution in [3.05, 3.63) is 77.2 Å². The molecule has 1 aliphatic rings. The Labute approximate surface area is 160 Å². The molecule has 0 saturated carbocycles. The van der Waals surface area contributed by atoms with E-state index in [0.717, 1.165) is 16.0 Å². The molecule has 1 aliphatic heterocycles. The zero-order valence-electron chi connectivity index (χ0n) is 14.8. The van der Waals surface area contributed by atoms with Gasteiger partial charge in [-0.1, -0.05) is 47.6 Å². The number of rotatable bonds is 4. The molecule has 4 rings (SSSR count). The Hall–Kier alpha value is -3.12. The van der Waals surface area contributed by atoms with Gasteiger partial charge in [0.05, 0.1) is 0 Å². The minimum atomic E-state index is -0.487. The molecular formula is C21H16N2O3S. The minimum Gasteiger partial charge on any atom is -0.402 e. The van der Waals surface area contributed by atoms with Crippen molar-refractivity contribution in [1.29, 1.82) is 0 Å². The molecule has 0 N–H and O–H groups in total. The predicted octanol–water partition coefficient (Wildman–Crippen LogP) is 4.72. The van der Waals surface area contributed by atoms with Crippen molar-refractivity contribution >= 4 is 29.7 Å². The second-order valence-corrected chi connectivity index (χ2v) is 6.82. The van der Waals surface area contributed by atoms with Crippen LogP contribution in [-0.4, -0.2) is 23.3 Å². The molecular weight excluding hydrogens is 360 g/mol. The lowest BCUT2D eigenvalue weighted by Crippen LogP contribution is -2.07. The Morgan fingerprint density at radius 2 is 1.78 bits per heavy atom. The van der Waals surface area contributed by atoms with Crippen LogP contribution >= 0.6 is 11.8 Å². The number of aryl methyl sites for hydroxylation is 1. The largest absolute Gasteiger partial charge is 0.402 e. The monoisotopic (exact) mass is 376 g/mol. The molecule has 0 amide bonds. The van der Waals surface area contributed by atoms with Crippen molar-refractivity contribution in [3.8, 4) is 11.3 Å². The van der Waals surface area contributed by atoms with Crippen LogP contribution in [-0.2, 0) is 9.53 Å². The molecule has 0 saturated heterocycles. The molecule has 6 heteroatoms. The summed E-state index contributed by atoms with van der Waals surface area (Å²) in [6.45, 7) is 1.77. The molecule has 0 fully saturated rings. The van der Waals surface area contributed by atoms with Crippen molar-refractivity contribution < 1.29 is 14.1 Å². The van der Waals surface area contributed by atoms with Gasteiger partial charge in [-0.2, -0.15) is 0 Å². The third-order valence-corrected chi connectivity index (χ3v) is 4.91. The van der Waals surface area contributed by atoms with E-state index in [1.807, 2.05) is 60.9 Å². The average Bonchev–Trinajstić information content (AvgIpc) is 3.25. The number of aliphatic imine (C=N–C) groups is 1. The van der Waals surface area contributed by atoms with Crippen LogP contribution in [0.2, 0.25) is 0 Å². The Morgan fingerprint density at radius 1 is 1.04 bits per heavy atom. The van der Waals surface area contributed by atoms with Crippen LogP contribution in [0.25, 0.3) is 17.3 Å². The van der Waals surface area contributed by atoms with Gasteiger partial charge in [0.2, 0.25) is 5.90 Å². The summed E-state index contributed by atoms with van der Waals surface area (Å²) in [5.74, 6) is 0.272. The van der Waals surface area contributed by atoms with Gasteiger partial charge >= 0.3 is 5.97 Å². The molecule has 1 aromatic heterocycles. The molecule has 0 radical (unpaired) electrons. The molecule has 27 heavy (non-hydrogen) atoms. The van der Waals surface area contributed by atoms with Crippen LogP contribution in [0, 0.1) is 6.92 Å². The van der Waals surface area contributed by atoms with E-state index >= 15 is 0 Å². The number of benzene rings is 2. The lowest BCUT2D eigenvalue weighted by Gasteiger charge is -2.01. The second-order valence-electron chi connectivity index (χ2n) is 5.94. The first-order valence-electron chi connectivity index (χ1n) is 8.34. The highest BCUT2D eigenvalue weighted by Gasteiger charge is 2.30. The number of thioether (sulfide) groups is 1. The average molecular weight is 376 g/mol. The summed E-state index contributed by atoms with van der Waals surface area (Å²) in [5.41, 5.74) is 3.20. The molecule has 0 unspecified atom stereocenters. The molecule has 0 atom stereocenters. The quantitative estimate of drug-likeness (QED) is 0.375. The summed E-state index contributed by atoms with van der Waals surface area (Å²) in [7, 11) is 0. The zero-order chi connectivity index (χ0) is 18.8. The summed E-state index contributed by atoms with van der Waals surface area (Å²) in [4.78, 5) is 17.9.